The second kappa shape index (κ2) is 5.25. The van der Waals surface area contributed by atoms with Crippen LogP contribution in [0.2, 0.25) is 5.02 Å². The molecule has 0 N–H and O–H groups in total. The van der Waals surface area contributed by atoms with Crippen LogP contribution in [0.4, 0.5) is 0 Å². The zero-order valence-electron chi connectivity index (χ0n) is 7.44. The van der Waals surface area contributed by atoms with E-state index in [4.69, 9.17) is 16.3 Å². The van der Waals surface area contributed by atoms with E-state index in [1.54, 1.807) is 24.3 Å². The Balaban J connectivity index is 2.69. The largest absolute Gasteiger partial charge is 0.431 e. The summed E-state index contributed by atoms with van der Waals surface area (Å²) < 4.78 is 4.77. The van der Waals surface area contributed by atoms with E-state index in [9.17, 15) is 4.79 Å². The zero-order valence-corrected chi connectivity index (χ0v) is 8.20. The van der Waals surface area contributed by atoms with E-state index in [1.807, 2.05) is 0 Å². The molecule has 2 nitrogen and oxygen atoms in total. The normalized spacial score (nSPS) is 10.1. The highest BCUT2D eigenvalue weighted by Crippen LogP contribution is 2.11. The first-order chi connectivity index (χ1) is 6.74. The molecule has 0 bridgehead atoms. The van der Waals surface area contributed by atoms with E-state index < -0.39 is 5.97 Å². The summed E-state index contributed by atoms with van der Waals surface area (Å²) >= 11 is 5.71. The van der Waals surface area contributed by atoms with E-state index in [2.05, 4.69) is 6.58 Å². The summed E-state index contributed by atoms with van der Waals surface area (Å²) in [7, 11) is 0. The van der Waals surface area contributed by atoms with Crippen molar-refractivity contribution < 1.29 is 9.53 Å². The van der Waals surface area contributed by atoms with Gasteiger partial charge in [0.1, 0.15) is 0 Å². The summed E-state index contributed by atoms with van der Waals surface area (Å²) in [6.45, 7) is 3.45. The number of carbonyl (C=O) groups is 1. The highest BCUT2D eigenvalue weighted by atomic mass is 35.5. The molecule has 0 heterocycles. The molecule has 3 heteroatoms. The molecule has 1 aromatic rings. The van der Waals surface area contributed by atoms with Gasteiger partial charge >= 0.3 is 5.97 Å². The topological polar surface area (TPSA) is 26.3 Å². The van der Waals surface area contributed by atoms with E-state index in [0.717, 1.165) is 0 Å². The smallest absolute Gasteiger partial charge is 0.342 e. The van der Waals surface area contributed by atoms with Crippen LogP contribution in [0.5, 0.6) is 0 Å². The monoisotopic (exact) mass is 208 g/mol. The van der Waals surface area contributed by atoms with Gasteiger partial charge in [0.2, 0.25) is 0 Å². The Morgan fingerprint density at radius 1 is 1.50 bits per heavy atom. The van der Waals surface area contributed by atoms with Crippen LogP contribution < -0.4 is 0 Å². The third-order valence-electron chi connectivity index (χ3n) is 1.45. The summed E-state index contributed by atoms with van der Waals surface area (Å²) in [5.41, 5.74) is 0.422. The van der Waals surface area contributed by atoms with Gasteiger partial charge in [0.05, 0.1) is 11.8 Å². The molecule has 0 spiro atoms. The molecular weight excluding hydrogens is 200 g/mol. The SMILES string of the molecule is C=CC=COC(=O)c1cccc(Cl)c1. The summed E-state index contributed by atoms with van der Waals surface area (Å²) in [4.78, 5) is 11.3. The molecule has 0 saturated carbocycles. The standard InChI is InChI=1S/C11H9ClO2/c1-2-3-7-14-11(13)9-5-4-6-10(12)8-9/h2-8H,1H2. The lowest BCUT2D eigenvalue weighted by molar-refractivity contribution is 0.0663. The molecule has 0 aliphatic carbocycles. The quantitative estimate of drug-likeness (QED) is 0.433. The molecule has 0 amide bonds. The van der Waals surface area contributed by atoms with Gasteiger partial charge in [0.15, 0.2) is 0 Å². The number of carbonyl (C=O) groups excluding carboxylic acids is 1. The van der Waals surface area contributed by atoms with E-state index in [1.165, 1.54) is 18.4 Å². The van der Waals surface area contributed by atoms with Gasteiger partial charge in [-0.2, -0.15) is 0 Å². The molecule has 0 aliphatic heterocycles. The Morgan fingerprint density at radius 3 is 2.93 bits per heavy atom. The van der Waals surface area contributed by atoms with Crippen LogP contribution in [0.3, 0.4) is 0 Å². The third kappa shape index (κ3) is 3.07. The molecule has 72 valence electrons. The molecule has 14 heavy (non-hydrogen) atoms. The molecule has 0 aromatic heterocycles. The van der Waals surface area contributed by atoms with Crippen molar-refractivity contribution in [2.75, 3.05) is 0 Å². The lowest BCUT2D eigenvalue weighted by Crippen LogP contribution is -1.99. The number of esters is 1. The maximum Gasteiger partial charge on any atom is 0.342 e. The summed E-state index contributed by atoms with van der Waals surface area (Å²) in [6.07, 6.45) is 4.32. The number of hydrogen-bond donors (Lipinski definition) is 0. The highest BCUT2D eigenvalue weighted by molar-refractivity contribution is 6.30. The van der Waals surface area contributed by atoms with Crippen molar-refractivity contribution in [1.29, 1.82) is 0 Å². The minimum Gasteiger partial charge on any atom is -0.431 e. The first-order valence-electron chi connectivity index (χ1n) is 3.98. The number of allylic oxidation sites excluding steroid dienone is 2. The fraction of sp³-hybridized carbons (Fsp3) is 0. The minimum atomic E-state index is -0.439. The molecule has 0 fully saturated rings. The van der Waals surface area contributed by atoms with Gasteiger partial charge in [0, 0.05) is 5.02 Å². The average Bonchev–Trinajstić information content (AvgIpc) is 2.18. The number of halogens is 1. The number of hydrogen-bond acceptors (Lipinski definition) is 2. The second-order valence-corrected chi connectivity index (χ2v) is 2.92. The number of ether oxygens (including phenoxy) is 1. The Morgan fingerprint density at radius 2 is 2.29 bits per heavy atom. The molecule has 1 aromatic carbocycles. The Labute approximate surface area is 87.5 Å². The van der Waals surface area contributed by atoms with Crippen LogP contribution in [0.1, 0.15) is 10.4 Å². The molecule has 0 atom stereocenters. The van der Waals surface area contributed by atoms with Crippen LogP contribution in [0.15, 0.2) is 49.3 Å². The van der Waals surface area contributed by atoms with Gasteiger partial charge in [-0.3, -0.25) is 0 Å². The van der Waals surface area contributed by atoms with Gasteiger partial charge in [-0.25, -0.2) is 4.79 Å². The van der Waals surface area contributed by atoms with Crippen molar-refractivity contribution in [3.8, 4) is 0 Å². The fourth-order valence-corrected chi connectivity index (χ4v) is 1.03. The van der Waals surface area contributed by atoms with E-state index in [-0.39, 0.29) is 0 Å². The lowest BCUT2D eigenvalue weighted by atomic mass is 10.2. The maximum absolute atomic E-state index is 11.3. The van der Waals surface area contributed by atoms with Crippen molar-refractivity contribution in [3.05, 3.63) is 59.8 Å². The molecular formula is C11H9ClO2. The highest BCUT2D eigenvalue weighted by Gasteiger charge is 2.04. The third-order valence-corrected chi connectivity index (χ3v) is 1.69. The van der Waals surface area contributed by atoms with Crippen LogP contribution in [-0.4, -0.2) is 5.97 Å². The van der Waals surface area contributed by atoms with Crippen molar-refractivity contribution in [1.82, 2.24) is 0 Å². The fourth-order valence-electron chi connectivity index (χ4n) is 0.840. The summed E-state index contributed by atoms with van der Waals surface area (Å²) in [5.74, 6) is -0.439. The first kappa shape index (κ1) is 10.5. The Hall–Kier alpha value is -1.54. The molecule has 0 radical (unpaired) electrons. The van der Waals surface area contributed by atoms with Crippen molar-refractivity contribution in [2.45, 2.75) is 0 Å². The summed E-state index contributed by atoms with van der Waals surface area (Å²) in [6, 6.07) is 6.57. The van der Waals surface area contributed by atoms with Crippen molar-refractivity contribution in [3.63, 3.8) is 0 Å². The zero-order chi connectivity index (χ0) is 10.4. The van der Waals surface area contributed by atoms with Gasteiger partial charge in [-0.05, 0) is 24.3 Å². The predicted molar refractivity (Wildman–Crippen MR) is 56.2 cm³/mol. The first-order valence-corrected chi connectivity index (χ1v) is 4.36. The number of rotatable bonds is 3. The van der Waals surface area contributed by atoms with E-state index in [0.29, 0.717) is 10.6 Å². The van der Waals surface area contributed by atoms with Crippen LogP contribution >= 0.6 is 11.6 Å². The second-order valence-electron chi connectivity index (χ2n) is 2.48. The van der Waals surface area contributed by atoms with Crippen LogP contribution in [-0.2, 0) is 4.74 Å². The summed E-state index contributed by atoms with van der Waals surface area (Å²) in [5, 5.41) is 0.507. The van der Waals surface area contributed by atoms with E-state index >= 15 is 0 Å². The molecule has 0 aliphatic rings. The van der Waals surface area contributed by atoms with Gasteiger partial charge in [0.25, 0.3) is 0 Å². The minimum absolute atomic E-state index is 0.422. The van der Waals surface area contributed by atoms with Gasteiger partial charge in [-0.1, -0.05) is 30.3 Å². The number of benzene rings is 1. The van der Waals surface area contributed by atoms with Crippen molar-refractivity contribution in [2.24, 2.45) is 0 Å². The van der Waals surface area contributed by atoms with Crippen molar-refractivity contribution >= 4 is 17.6 Å². The molecule has 0 unspecified atom stereocenters. The van der Waals surface area contributed by atoms with Crippen LogP contribution in [0.25, 0.3) is 0 Å². The van der Waals surface area contributed by atoms with Crippen LogP contribution in [0, 0.1) is 0 Å². The van der Waals surface area contributed by atoms with Gasteiger partial charge < -0.3 is 4.74 Å². The molecule has 1 rings (SSSR count). The maximum atomic E-state index is 11.3. The Bertz CT molecular complexity index is 369. The lowest BCUT2D eigenvalue weighted by Gasteiger charge is -1.98. The van der Waals surface area contributed by atoms with Gasteiger partial charge in [-0.15, -0.1) is 0 Å². The predicted octanol–water partition coefficient (Wildman–Crippen LogP) is 3.20. The molecule has 0 saturated heterocycles. The average molecular weight is 209 g/mol. The Kier molecular flexibility index (Phi) is 3.95.